The lowest BCUT2D eigenvalue weighted by Crippen LogP contribution is -2.11. The van der Waals surface area contributed by atoms with E-state index in [1.807, 2.05) is 24.0 Å². The van der Waals surface area contributed by atoms with Gasteiger partial charge in [-0.3, -0.25) is 0 Å². The quantitative estimate of drug-likeness (QED) is 0.859. The van der Waals surface area contributed by atoms with Crippen LogP contribution < -0.4 is 5.73 Å². The fourth-order valence-corrected chi connectivity index (χ4v) is 2.30. The normalized spacial score (nSPS) is 12.9. The van der Waals surface area contributed by atoms with Gasteiger partial charge in [0.15, 0.2) is 0 Å². The molecule has 0 aliphatic heterocycles. The number of hydrogen-bond acceptors (Lipinski definition) is 3. The largest absolute Gasteiger partial charge is 0.338 e. The average molecular weight is 221 g/mol. The van der Waals surface area contributed by atoms with Crippen LogP contribution in [0.25, 0.3) is 0 Å². The van der Waals surface area contributed by atoms with Gasteiger partial charge >= 0.3 is 0 Å². The van der Waals surface area contributed by atoms with E-state index in [-0.39, 0.29) is 6.04 Å². The van der Waals surface area contributed by atoms with Crippen LogP contribution in [-0.4, -0.2) is 9.55 Å². The van der Waals surface area contributed by atoms with Gasteiger partial charge in [-0.1, -0.05) is 0 Å². The van der Waals surface area contributed by atoms with Gasteiger partial charge < -0.3 is 10.3 Å². The maximum Gasteiger partial charge on any atom is 0.108 e. The summed E-state index contributed by atoms with van der Waals surface area (Å²) in [5.41, 5.74) is 7.31. The first kappa shape index (κ1) is 10.4. The van der Waals surface area contributed by atoms with Crippen molar-refractivity contribution in [3.05, 3.63) is 40.6 Å². The van der Waals surface area contributed by atoms with Crippen molar-refractivity contribution in [3.63, 3.8) is 0 Å². The van der Waals surface area contributed by atoms with E-state index >= 15 is 0 Å². The minimum Gasteiger partial charge on any atom is -0.338 e. The molecule has 0 aliphatic rings. The van der Waals surface area contributed by atoms with E-state index in [0.717, 1.165) is 18.7 Å². The lowest BCUT2D eigenvalue weighted by Gasteiger charge is -2.09. The molecule has 4 heteroatoms. The van der Waals surface area contributed by atoms with Crippen LogP contribution in [0.5, 0.6) is 0 Å². The molecule has 15 heavy (non-hydrogen) atoms. The minimum atomic E-state index is 0.132. The van der Waals surface area contributed by atoms with Crippen molar-refractivity contribution in [1.29, 1.82) is 0 Å². The molecule has 0 bridgehead atoms. The number of thiophene rings is 1. The number of rotatable bonds is 4. The van der Waals surface area contributed by atoms with Gasteiger partial charge in [-0.25, -0.2) is 4.98 Å². The Balaban J connectivity index is 1.91. The van der Waals surface area contributed by atoms with E-state index in [9.17, 15) is 0 Å². The van der Waals surface area contributed by atoms with Crippen molar-refractivity contribution >= 4 is 11.3 Å². The standard InChI is InChI=1S/C11H15N3S/c1-14-6-5-13-11(14)3-2-10(12)9-4-7-15-8-9/h4-8,10H,2-3,12H2,1H3. The van der Waals surface area contributed by atoms with Gasteiger partial charge in [0.25, 0.3) is 0 Å². The molecule has 0 amide bonds. The predicted octanol–water partition coefficient (Wildman–Crippen LogP) is 2.11. The maximum absolute atomic E-state index is 6.08. The zero-order chi connectivity index (χ0) is 10.7. The van der Waals surface area contributed by atoms with E-state index in [1.165, 1.54) is 5.56 Å². The molecule has 1 atom stereocenters. The van der Waals surface area contributed by atoms with E-state index in [1.54, 1.807) is 11.3 Å². The summed E-state index contributed by atoms with van der Waals surface area (Å²) in [7, 11) is 2.01. The minimum absolute atomic E-state index is 0.132. The SMILES string of the molecule is Cn1ccnc1CCC(N)c1ccsc1. The summed E-state index contributed by atoms with van der Waals surface area (Å²) in [6.45, 7) is 0. The zero-order valence-corrected chi connectivity index (χ0v) is 9.57. The van der Waals surface area contributed by atoms with E-state index in [0.29, 0.717) is 0 Å². The second-order valence-corrected chi connectivity index (χ2v) is 4.44. The molecule has 0 radical (unpaired) electrons. The van der Waals surface area contributed by atoms with Crippen LogP contribution in [0.2, 0.25) is 0 Å². The third kappa shape index (κ3) is 2.46. The highest BCUT2D eigenvalue weighted by molar-refractivity contribution is 7.07. The summed E-state index contributed by atoms with van der Waals surface area (Å²) in [5, 5.41) is 4.18. The average Bonchev–Trinajstić information content (AvgIpc) is 2.85. The molecule has 3 nitrogen and oxygen atoms in total. The molecular weight excluding hydrogens is 206 g/mol. The highest BCUT2D eigenvalue weighted by Gasteiger charge is 2.08. The molecule has 0 aromatic carbocycles. The molecule has 2 heterocycles. The molecule has 2 aromatic heterocycles. The lowest BCUT2D eigenvalue weighted by molar-refractivity contribution is 0.622. The number of aryl methyl sites for hydroxylation is 2. The molecule has 1 unspecified atom stereocenters. The van der Waals surface area contributed by atoms with Crippen LogP contribution in [0, 0.1) is 0 Å². The second kappa shape index (κ2) is 4.59. The molecule has 2 aromatic rings. The Labute approximate surface area is 93.6 Å². The highest BCUT2D eigenvalue weighted by atomic mass is 32.1. The van der Waals surface area contributed by atoms with Crippen molar-refractivity contribution in [1.82, 2.24) is 9.55 Å². The fraction of sp³-hybridized carbons (Fsp3) is 0.364. The molecular formula is C11H15N3S. The van der Waals surface area contributed by atoms with Crippen molar-refractivity contribution in [2.24, 2.45) is 12.8 Å². The second-order valence-electron chi connectivity index (χ2n) is 3.66. The summed E-state index contributed by atoms with van der Waals surface area (Å²) in [5.74, 6) is 1.10. The van der Waals surface area contributed by atoms with Crippen LogP contribution in [0.3, 0.4) is 0 Å². The Morgan fingerprint density at radius 3 is 3.07 bits per heavy atom. The maximum atomic E-state index is 6.08. The van der Waals surface area contributed by atoms with Crippen LogP contribution in [0.15, 0.2) is 29.2 Å². The van der Waals surface area contributed by atoms with E-state index in [4.69, 9.17) is 5.73 Å². The lowest BCUT2D eigenvalue weighted by atomic mass is 10.1. The topological polar surface area (TPSA) is 43.8 Å². The number of aromatic nitrogens is 2. The Morgan fingerprint density at radius 2 is 2.47 bits per heavy atom. The molecule has 0 spiro atoms. The van der Waals surface area contributed by atoms with Crippen molar-refractivity contribution in [2.45, 2.75) is 18.9 Å². The number of hydrogen-bond donors (Lipinski definition) is 1. The van der Waals surface area contributed by atoms with E-state index in [2.05, 4.69) is 21.8 Å². The zero-order valence-electron chi connectivity index (χ0n) is 8.76. The van der Waals surface area contributed by atoms with Crippen molar-refractivity contribution in [3.8, 4) is 0 Å². The monoisotopic (exact) mass is 221 g/mol. The summed E-state index contributed by atoms with van der Waals surface area (Å²) >= 11 is 1.69. The summed E-state index contributed by atoms with van der Waals surface area (Å²) in [4.78, 5) is 4.28. The van der Waals surface area contributed by atoms with E-state index < -0.39 is 0 Å². The van der Waals surface area contributed by atoms with Crippen LogP contribution in [-0.2, 0) is 13.5 Å². The Morgan fingerprint density at radius 1 is 1.60 bits per heavy atom. The van der Waals surface area contributed by atoms with Gasteiger partial charge in [0.1, 0.15) is 5.82 Å². The first-order valence-electron chi connectivity index (χ1n) is 5.01. The van der Waals surface area contributed by atoms with Crippen LogP contribution in [0.1, 0.15) is 23.9 Å². The molecule has 2 rings (SSSR count). The highest BCUT2D eigenvalue weighted by Crippen LogP contribution is 2.18. The molecule has 0 fully saturated rings. The number of imidazole rings is 1. The van der Waals surface area contributed by atoms with Gasteiger partial charge in [-0.05, 0) is 28.8 Å². The van der Waals surface area contributed by atoms with Gasteiger partial charge in [0.2, 0.25) is 0 Å². The molecule has 0 saturated heterocycles. The molecule has 2 N–H and O–H groups in total. The number of nitrogens with two attached hydrogens (primary N) is 1. The van der Waals surface area contributed by atoms with Crippen LogP contribution >= 0.6 is 11.3 Å². The molecule has 0 saturated carbocycles. The summed E-state index contributed by atoms with van der Waals surface area (Å²) in [6, 6.07) is 2.22. The van der Waals surface area contributed by atoms with Gasteiger partial charge in [0.05, 0.1) is 0 Å². The first-order valence-corrected chi connectivity index (χ1v) is 5.95. The van der Waals surface area contributed by atoms with Crippen molar-refractivity contribution in [2.75, 3.05) is 0 Å². The third-order valence-corrected chi connectivity index (χ3v) is 3.27. The van der Waals surface area contributed by atoms with Crippen molar-refractivity contribution < 1.29 is 0 Å². The Bertz CT molecular complexity index is 405. The summed E-state index contributed by atoms with van der Waals surface area (Å²) in [6.07, 6.45) is 5.67. The molecule has 80 valence electrons. The van der Waals surface area contributed by atoms with Gasteiger partial charge in [-0.15, -0.1) is 0 Å². The van der Waals surface area contributed by atoms with Gasteiger partial charge in [-0.2, -0.15) is 11.3 Å². The first-order chi connectivity index (χ1) is 7.27. The predicted molar refractivity (Wildman–Crippen MR) is 62.8 cm³/mol. The summed E-state index contributed by atoms with van der Waals surface area (Å²) < 4.78 is 2.04. The smallest absolute Gasteiger partial charge is 0.108 e. The fourth-order valence-electron chi connectivity index (χ4n) is 1.57. The Kier molecular flexibility index (Phi) is 3.18. The molecule has 0 aliphatic carbocycles. The van der Waals surface area contributed by atoms with Crippen LogP contribution in [0.4, 0.5) is 0 Å². The third-order valence-electron chi connectivity index (χ3n) is 2.57. The van der Waals surface area contributed by atoms with Gasteiger partial charge in [0, 0.05) is 31.9 Å². The number of nitrogens with zero attached hydrogens (tertiary/aromatic N) is 2. The Hall–Kier alpha value is -1.13.